The van der Waals surface area contributed by atoms with Gasteiger partial charge in [-0.2, -0.15) is 4.31 Å². The highest BCUT2D eigenvalue weighted by atomic mass is 79.9. The van der Waals surface area contributed by atoms with E-state index in [4.69, 9.17) is 11.6 Å². The van der Waals surface area contributed by atoms with Gasteiger partial charge >= 0.3 is 0 Å². The van der Waals surface area contributed by atoms with E-state index in [1.807, 2.05) is 0 Å². The predicted octanol–water partition coefficient (Wildman–Crippen LogP) is 1.97. The zero-order chi connectivity index (χ0) is 14.4. The summed E-state index contributed by atoms with van der Waals surface area (Å²) in [4.78, 5) is 0. The molecule has 10 heteroatoms. The molecule has 1 unspecified atom stereocenters. The summed E-state index contributed by atoms with van der Waals surface area (Å²) in [5.41, 5.74) is 0. The van der Waals surface area contributed by atoms with Gasteiger partial charge < -0.3 is 0 Å². The normalized spacial score (nSPS) is 23.1. The highest BCUT2D eigenvalue weighted by Gasteiger charge is 2.37. The zero-order valence-electron chi connectivity index (χ0n) is 9.84. The van der Waals surface area contributed by atoms with Crippen molar-refractivity contribution in [3.05, 3.63) is 14.9 Å². The van der Waals surface area contributed by atoms with Crippen LogP contribution in [0.15, 0.2) is 14.1 Å². The van der Waals surface area contributed by atoms with Gasteiger partial charge in [-0.25, -0.2) is 16.8 Å². The molecule has 0 N–H and O–H groups in total. The van der Waals surface area contributed by atoms with Crippen molar-refractivity contribution in [2.45, 2.75) is 16.7 Å². The minimum Gasteiger partial charge on any atom is -0.229 e. The van der Waals surface area contributed by atoms with E-state index in [-0.39, 0.29) is 15.7 Å². The summed E-state index contributed by atoms with van der Waals surface area (Å²) in [6.45, 7) is 0. The van der Waals surface area contributed by atoms with Gasteiger partial charge in [-0.15, -0.1) is 11.3 Å². The molecule has 1 saturated heterocycles. The Morgan fingerprint density at radius 2 is 2.16 bits per heavy atom. The van der Waals surface area contributed by atoms with Gasteiger partial charge in [-0.05, 0) is 28.4 Å². The van der Waals surface area contributed by atoms with E-state index in [9.17, 15) is 16.8 Å². The molecule has 0 aliphatic carbocycles. The molecule has 1 fully saturated rings. The number of nitrogens with zero attached hydrogens (tertiary/aromatic N) is 1. The molecule has 1 aromatic heterocycles. The Kier molecular flexibility index (Phi) is 4.36. The zero-order valence-corrected chi connectivity index (χ0v) is 14.6. The largest absolute Gasteiger partial charge is 0.252 e. The molecule has 2 heterocycles. The third-order valence-corrected chi connectivity index (χ3v) is 9.56. The van der Waals surface area contributed by atoms with E-state index >= 15 is 0 Å². The molecule has 1 atom stereocenters. The van der Waals surface area contributed by atoms with Gasteiger partial charge in [0.05, 0.1) is 20.3 Å². The monoisotopic (exact) mass is 407 g/mol. The predicted molar refractivity (Wildman–Crippen MR) is 79.0 cm³/mol. The molecule has 1 aliphatic rings. The standard InChI is InChI=1S/C9H11BrClNO4S3/c1-12(6-2-3-18(13,14)5-6)19(15,16)8-4-7(11)9(10)17-8/h4,6H,2-3,5H2,1H3. The Balaban J connectivity index is 2.30. The van der Waals surface area contributed by atoms with Crippen LogP contribution in [0, 0.1) is 0 Å². The Bertz CT molecular complexity index is 678. The maximum atomic E-state index is 12.4. The molecule has 19 heavy (non-hydrogen) atoms. The van der Waals surface area contributed by atoms with Gasteiger partial charge in [-0.3, -0.25) is 0 Å². The molecule has 0 amide bonds. The van der Waals surface area contributed by atoms with Crippen molar-refractivity contribution in [2.75, 3.05) is 18.6 Å². The average molecular weight is 409 g/mol. The highest BCUT2D eigenvalue weighted by molar-refractivity contribution is 9.11. The van der Waals surface area contributed by atoms with Gasteiger partial charge in [0.15, 0.2) is 9.84 Å². The maximum Gasteiger partial charge on any atom is 0.252 e. The second-order valence-corrected chi connectivity index (χ2v) is 11.5. The summed E-state index contributed by atoms with van der Waals surface area (Å²) in [5.74, 6) is -0.0879. The fourth-order valence-electron chi connectivity index (χ4n) is 1.85. The minimum absolute atomic E-state index is 0.0341. The number of rotatable bonds is 3. The van der Waals surface area contributed by atoms with Crippen LogP contribution in [0.3, 0.4) is 0 Å². The number of hydrogen-bond acceptors (Lipinski definition) is 5. The Labute approximate surface area is 129 Å². The van der Waals surface area contributed by atoms with E-state index in [1.165, 1.54) is 13.1 Å². The van der Waals surface area contributed by atoms with Crippen LogP contribution in [0.5, 0.6) is 0 Å². The molecule has 5 nitrogen and oxygen atoms in total. The summed E-state index contributed by atoms with van der Waals surface area (Å²) in [7, 11) is -5.42. The third kappa shape index (κ3) is 3.16. The van der Waals surface area contributed by atoms with Crippen LogP contribution in [-0.2, 0) is 19.9 Å². The lowest BCUT2D eigenvalue weighted by atomic mass is 10.3. The summed E-state index contributed by atoms with van der Waals surface area (Å²) in [6, 6.07) is 0.862. The number of thiophene rings is 1. The summed E-state index contributed by atoms with van der Waals surface area (Å²) in [6.07, 6.45) is 0.332. The van der Waals surface area contributed by atoms with Gasteiger partial charge in [0.25, 0.3) is 10.0 Å². The first-order valence-corrected chi connectivity index (χ1v) is 10.5. The molecule has 1 aromatic rings. The van der Waals surface area contributed by atoms with Crippen molar-refractivity contribution >= 4 is 58.7 Å². The Hall–Kier alpha value is 0.330. The van der Waals surface area contributed by atoms with Crippen LogP contribution in [-0.4, -0.2) is 45.7 Å². The molecule has 1 aliphatic heterocycles. The number of sulfonamides is 1. The summed E-state index contributed by atoms with van der Waals surface area (Å²) < 4.78 is 49.3. The molecular formula is C9H11BrClNO4S3. The number of hydrogen-bond donors (Lipinski definition) is 0. The van der Waals surface area contributed by atoms with Crippen LogP contribution in [0.4, 0.5) is 0 Å². The summed E-state index contributed by atoms with van der Waals surface area (Å²) >= 11 is 10.0. The van der Waals surface area contributed by atoms with E-state index in [0.29, 0.717) is 15.2 Å². The van der Waals surface area contributed by atoms with Crippen molar-refractivity contribution in [1.29, 1.82) is 0 Å². The van der Waals surface area contributed by atoms with Gasteiger partial charge in [0.1, 0.15) is 4.21 Å². The number of halogens is 2. The molecule has 108 valence electrons. The minimum atomic E-state index is -3.70. The second-order valence-electron chi connectivity index (χ2n) is 4.27. The first kappa shape index (κ1) is 15.7. The van der Waals surface area contributed by atoms with Crippen molar-refractivity contribution in [3.63, 3.8) is 0 Å². The first-order valence-electron chi connectivity index (χ1n) is 5.27. The highest BCUT2D eigenvalue weighted by Crippen LogP contribution is 2.36. The number of sulfone groups is 1. The van der Waals surface area contributed by atoms with Crippen LogP contribution in [0.25, 0.3) is 0 Å². The van der Waals surface area contributed by atoms with Gasteiger partial charge in [0.2, 0.25) is 0 Å². The molecular weight excluding hydrogens is 398 g/mol. The summed E-state index contributed by atoms with van der Waals surface area (Å²) in [5, 5.41) is 0.330. The second kappa shape index (κ2) is 5.27. The van der Waals surface area contributed by atoms with Crippen LogP contribution >= 0.6 is 38.9 Å². The van der Waals surface area contributed by atoms with E-state index in [1.54, 1.807) is 0 Å². The molecule has 0 spiro atoms. The first-order chi connectivity index (χ1) is 8.63. The Morgan fingerprint density at radius 3 is 2.58 bits per heavy atom. The maximum absolute atomic E-state index is 12.4. The van der Waals surface area contributed by atoms with Crippen LogP contribution in [0.2, 0.25) is 5.02 Å². The van der Waals surface area contributed by atoms with Crippen molar-refractivity contribution in [2.24, 2.45) is 0 Å². The van der Waals surface area contributed by atoms with Crippen molar-refractivity contribution in [3.8, 4) is 0 Å². The molecule has 0 radical (unpaired) electrons. The molecule has 0 bridgehead atoms. The lowest BCUT2D eigenvalue weighted by molar-refractivity contribution is 0.395. The van der Waals surface area contributed by atoms with E-state index in [0.717, 1.165) is 15.6 Å². The average Bonchev–Trinajstić information content (AvgIpc) is 2.82. The third-order valence-electron chi connectivity index (χ3n) is 2.98. The fraction of sp³-hybridized carbons (Fsp3) is 0.556. The Morgan fingerprint density at radius 1 is 1.53 bits per heavy atom. The van der Waals surface area contributed by atoms with Crippen molar-refractivity contribution in [1.82, 2.24) is 4.31 Å². The van der Waals surface area contributed by atoms with Crippen LogP contribution < -0.4 is 0 Å². The molecule has 0 saturated carbocycles. The van der Waals surface area contributed by atoms with Gasteiger partial charge in [0, 0.05) is 13.1 Å². The van der Waals surface area contributed by atoms with E-state index < -0.39 is 25.9 Å². The SMILES string of the molecule is CN(C1CCS(=O)(=O)C1)S(=O)(=O)c1cc(Cl)c(Br)s1. The topological polar surface area (TPSA) is 71.5 Å². The smallest absolute Gasteiger partial charge is 0.229 e. The lowest BCUT2D eigenvalue weighted by Gasteiger charge is -2.21. The van der Waals surface area contributed by atoms with Crippen molar-refractivity contribution < 1.29 is 16.8 Å². The van der Waals surface area contributed by atoms with E-state index in [2.05, 4.69) is 15.9 Å². The quantitative estimate of drug-likeness (QED) is 0.766. The lowest BCUT2D eigenvalue weighted by Crippen LogP contribution is -2.37. The molecule has 2 rings (SSSR count). The molecule has 0 aromatic carbocycles. The van der Waals surface area contributed by atoms with Gasteiger partial charge in [-0.1, -0.05) is 11.6 Å². The fourth-order valence-corrected chi connectivity index (χ4v) is 7.69. The van der Waals surface area contributed by atoms with Crippen LogP contribution in [0.1, 0.15) is 6.42 Å².